The minimum absolute atomic E-state index is 0.124. The molecule has 2 saturated carbocycles. The maximum Gasteiger partial charge on any atom is 0.573 e. The number of alkyl halides is 3. The summed E-state index contributed by atoms with van der Waals surface area (Å²) in [4.78, 5) is 38.6. The zero-order chi connectivity index (χ0) is 44.1. The van der Waals surface area contributed by atoms with Crippen LogP contribution in [0.4, 0.5) is 13.2 Å². The third kappa shape index (κ3) is 10.1. The molecule has 6 aromatic rings. The van der Waals surface area contributed by atoms with Crippen molar-refractivity contribution in [2.24, 2.45) is 18.9 Å². The van der Waals surface area contributed by atoms with Gasteiger partial charge in [0.05, 0.1) is 29.6 Å². The van der Waals surface area contributed by atoms with Crippen LogP contribution in [-0.2, 0) is 20.0 Å². The van der Waals surface area contributed by atoms with Crippen LogP contribution in [0.15, 0.2) is 67.0 Å². The van der Waals surface area contributed by atoms with Crippen molar-refractivity contribution in [2.45, 2.75) is 89.5 Å². The average Bonchev–Trinajstić information content (AvgIpc) is 4.11. The minimum Gasteiger partial charge on any atom is -0.496 e. The third-order valence-electron chi connectivity index (χ3n) is 12.5. The van der Waals surface area contributed by atoms with E-state index in [2.05, 4.69) is 50.9 Å². The average molecular weight is 868 g/mol. The Morgan fingerprint density at radius 2 is 1.37 bits per heavy atom. The van der Waals surface area contributed by atoms with Crippen molar-refractivity contribution in [3.8, 4) is 34.0 Å². The topological polar surface area (TPSA) is 183 Å². The van der Waals surface area contributed by atoms with E-state index in [0.29, 0.717) is 49.0 Å². The molecular formula is C45H52F3N11O4. The highest BCUT2D eigenvalue weighted by molar-refractivity contribution is 6.02. The number of hydrogen-bond donors (Lipinski definition) is 4. The maximum atomic E-state index is 13.9. The van der Waals surface area contributed by atoms with E-state index in [1.54, 1.807) is 30.3 Å². The normalized spacial score (nSPS) is 19.1. The molecule has 63 heavy (non-hydrogen) atoms. The zero-order valence-electron chi connectivity index (χ0n) is 35.5. The predicted molar refractivity (Wildman–Crippen MR) is 227 cm³/mol. The minimum atomic E-state index is -4.92. The van der Waals surface area contributed by atoms with Crippen molar-refractivity contribution in [1.29, 1.82) is 0 Å². The summed E-state index contributed by atoms with van der Waals surface area (Å²) in [7, 11) is 3.44. The van der Waals surface area contributed by atoms with E-state index in [1.165, 1.54) is 18.2 Å². The number of amides is 2. The van der Waals surface area contributed by atoms with Gasteiger partial charge in [-0.25, -0.2) is 14.3 Å². The summed E-state index contributed by atoms with van der Waals surface area (Å²) in [6, 6.07) is 17.0. The molecule has 0 atom stereocenters. The van der Waals surface area contributed by atoms with Crippen LogP contribution in [0.3, 0.4) is 0 Å². The summed E-state index contributed by atoms with van der Waals surface area (Å²) in [5.41, 5.74) is 4.26. The first-order chi connectivity index (χ1) is 30.4. The highest BCUT2D eigenvalue weighted by atomic mass is 19.4. The highest BCUT2D eigenvalue weighted by Gasteiger charge is 2.34. The monoisotopic (exact) mass is 867 g/mol. The van der Waals surface area contributed by atoms with Gasteiger partial charge in [-0.2, -0.15) is 5.10 Å². The van der Waals surface area contributed by atoms with Crippen LogP contribution in [0, 0.1) is 18.8 Å². The molecule has 2 aliphatic carbocycles. The smallest absolute Gasteiger partial charge is 0.496 e. The number of ether oxygens (including phenoxy) is 2. The number of aryl methyl sites for hydroxylation is 4. The maximum absolute atomic E-state index is 13.9. The van der Waals surface area contributed by atoms with Crippen LogP contribution in [0.1, 0.15) is 107 Å². The summed E-state index contributed by atoms with van der Waals surface area (Å²) in [5, 5.41) is 22.6. The third-order valence-corrected chi connectivity index (χ3v) is 12.5. The first-order valence-corrected chi connectivity index (χ1v) is 21.5. The lowest BCUT2D eigenvalue weighted by Crippen LogP contribution is -2.31. The standard InChI is InChI=1S/C45H52F3N11O4/c1-27-22-35(39(53-27)33-8-4-6-10-37(33)62-3)43(60)49-24-28-12-16-30(17-13-28)41-51-26-52-59(41)21-20-32-23-36(40(54-32)34-9-5-7-11-38(34)63-45(46,47)48)44(61)50-25-29-14-18-31(19-15-29)42-55-56-57-58(42)2/h4-11,22-23,26,28-31,53-54H,12-21,24-25H2,1-3H3,(H,49,60)(H,50,61). The number of rotatable bonds is 15. The molecule has 4 aromatic heterocycles. The summed E-state index contributed by atoms with van der Waals surface area (Å²) >= 11 is 0. The second-order valence-electron chi connectivity index (χ2n) is 16.7. The van der Waals surface area contributed by atoms with Crippen LogP contribution in [0.25, 0.3) is 22.5 Å². The van der Waals surface area contributed by atoms with Gasteiger partial charge in [0.15, 0.2) is 5.82 Å². The lowest BCUT2D eigenvalue weighted by molar-refractivity contribution is -0.274. The molecule has 0 unspecified atom stereocenters. The number of carbonyl (C=O) groups excluding carboxylic acids is 2. The fourth-order valence-corrected chi connectivity index (χ4v) is 9.24. The van der Waals surface area contributed by atoms with Crippen molar-refractivity contribution >= 4 is 11.8 Å². The molecule has 18 heteroatoms. The summed E-state index contributed by atoms with van der Waals surface area (Å²) < 4.78 is 54.1. The summed E-state index contributed by atoms with van der Waals surface area (Å²) in [6.07, 6.45) is 4.13. The molecule has 2 fully saturated rings. The number of halogens is 3. The molecule has 8 rings (SSSR count). The number of aromatic amines is 2. The Kier molecular flexibility index (Phi) is 12.9. The first kappa shape index (κ1) is 43.2. The molecule has 0 radical (unpaired) electrons. The van der Waals surface area contributed by atoms with Crippen LogP contribution >= 0.6 is 0 Å². The van der Waals surface area contributed by atoms with E-state index < -0.39 is 12.1 Å². The molecule has 4 heterocycles. The van der Waals surface area contributed by atoms with Crippen molar-refractivity contribution in [3.05, 3.63) is 101 Å². The number of carbonyl (C=O) groups is 2. The number of benzene rings is 2. The van der Waals surface area contributed by atoms with E-state index in [-0.39, 0.29) is 46.4 Å². The Labute approximate surface area is 362 Å². The Balaban J connectivity index is 0.897. The van der Waals surface area contributed by atoms with Crippen LogP contribution < -0.4 is 20.1 Å². The fourth-order valence-electron chi connectivity index (χ4n) is 9.24. The second kappa shape index (κ2) is 18.9. The van der Waals surface area contributed by atoms with Crippen LogP contribution in [0.2, 0.25) is 0 Å². The lowest BCUT2D eigenvalue weighted by atomic mass is 9.81. The van der Waals surface area contributed by atoms with Gasteiger partial charge in [-0.15, -0.1) is 18.3 Å². The van der Waals surface area contributed by atoms with Crippen LogP contribution in [-0.4, -0.2) is 83.3 Å². The number of methoxy groups -OCH3 is 1. The molecular weight excluding hydrogens is 816 g/mol. The molecule has 0 aliphatic heterocycles. The SMILES string of the molecule is COc1ccccc1-c1[nH]c(C)cc1C(=O)NCC1CCC(c2ncnn2CCc2cc(C(=O)NCC3CCC(c4nnnn4C)CC3)c(-c3ccccc3OC(F)(F)F)[nH]2)CC1. The van der Waals surface area contributed by atoms with Gasteiger partial charge < -0.3 is 30.1 Å². The number of para-hydroxylation sites is 2. The van der Waals surface area contributed by atoms with Crippen molar-refractivity contribution in [3.63, 3.8) is 0 Å². The zero-order valence-corrected chi connectivity index (χ0v) is 35.5. The van der Waals surface area contributed by atoms with Gasteiger partial charge in [0.2, 0.25) is 0 Å². The van der Waals surface area contributed by atoms with Gasteiger partial charge in [-0.05, 0) is 117 Å². The number of nitrogens with zero attached hydrogens (tertiary/aromatic N) is 7. The van der Waals surface area contributed by atoms with Gasteiger partial charge in [-0.3, -0.25) is 9.59 Å². The number of tetrazole rings is 1. The van der Waals surface area contributed by atoms with Crippen LogP contribution in [0.5, 0.6) is 11.5 Å². The first-order valence-electron chi connectivity index (χ1n) is 21.5. The highest BCUT2D eigenvalue weighted by Crippen LogP contribution is 2.38. The number of aromatic nitrogens is 9. The van der Waals surface area contributed by atoms with Gasteiger partial charge in [0.25, 0.3) is 11.8 Å². The second-order valence-corrected chi connectivity index (χ2v) is 16.7. The van der Waals surface area contributed by atoms with Crippen molar-refractivity contribution in [2.75, 3.05) is 20.2 Å². The van der Waals surface area contributed by atoms with Gasteiger partial charge in [0.1, 0.15) is 23.7 Å². The quantitative estimate of drug-likeness (QED) is 0.0806. The predicted octanol–water partition coefficient (Wildman–Crippen LogP) is 7.66. The molecule has 2 aromatic carbocycles. The van der Waals surface area contributed by atoms with Gasteiger partial charge >= 0.3 is 6.36 Å². The molecule has 0 bridgehead atoms. The molecule has 15 nitrogen and oxygen atoms in total. The molecule has 0 saturated heterocycles. The Hall–Kier alpha value is -6.46. The lowest BCUT2D eigenvalue weighted by Gasteiger charge is -2.28. The molecule has 2 amide bonds. The van der Waals surface area contributed by atoms with Crippen molar-refractivity contribution in [1.82, 2.24) is 55.6 Å². The Morgan fingerprint density at radius 1 is 0.794 bits per heavy atom. The fraction of sp³-hybridized carbons (Fsp3) is 0.444. The van der Waals surface area contributed by atoms with E-state index in [0.717, 1.165) is 80.0 Å². The Morgan fingerprint density at radius 3 is 1.97 bits per heavy atom. The summed E-state index contributed by atoms with van der Waals surface area (Å²) in [6.45, 7) is 3.34. The number of nitrogens with one attached hydrogen (secondary N) is 4. The number of hydrogen-bond acceptors (Lipinski definition) is 9. The number of H-pyrrole nitrogens is 2. The summed E-state index contributed by atoms with van der Waals surface area (Å²) in [5.74, 6) is 2.43. The Bertz CT molecular complexity index is 2510. The molecule has 2 aliphatic rings. The molecule has 4 N–H and O–H groups in total. The van der Waals surface area contributed by atoms with E-state index in [9.17, 15) is 22.8 Å². The molecule has 332 valence electrons. The van der Waals surface area contributed by atoms with Crippen molar-refractivity contribution < 1.29 is 32.2 Å². The van der Waals surface area contributed by atoms with E-state index in [4.69, 9.17) is 4.74 Å². The van der Waals surface area contributed by atoms with E-state index in [1.807, 2.05) is 49.0 Å². The van der Waals surface area contributed by atoms with Gasteiger partial charge in [0, 0.05) is 67.5 Å². The van der Waals surface area contributed by atoms with E-state index >= 15 is 0 Å². The largest absolute Gasteiger partial charge is 0.573 e. The molecule has 0 spiro atoms. The van der Waals surface area contributed by atoms with Gasteiger partial charge in [-0.1, -0.05) is 24.3 Å².